The molecule has 0 aromatic carbocycles. The molecule has 0 saturated heterocycles. The van der Waals surface area contributed by atoms with Crippen LogP contribution in [0.15, 0.2) is 6.33 Å². The van der Waals surface area contributed by atoms with Crippen molar-refractivity contribution >= 4 is 0 Å². The van der Waals surface area contributed by atoms with Gasteiger partial charge in [0.25, 0.3) is 0 Å². The van der Waals surface area contributed by atoms with Crippen LogP contribution in [0.5, 0.6) is 0 Å². The molecule has 2 rings (SSSR count). The Morgan fingerprint density at radius 3 is 2.55 bits per heavy atom. The largest absolute Gasteiger partial charge is 0.314 e. The summed E-state index contributed by atoms with van der Waals surface area (Å²) in [4.78, 5) is 4.53. The molecule has 114 valence electrons. The summed E-state index contributed by atoms with van der Waals surface area (Å²) in [5, 5.41) is 8.05. The topological polar surface area (TPSA) is 42.7 Å². The molecule has 1 aromatic heterocycles. The maximum Gasteiger partial charge on any atom is 0.138 e. The van der Waals surface area contributed by atoms with Crippen LogP contribution in [0, 0.1) is 11.3 Å². The number of hydrogen-bond donors (Lipinski definition) is 1. The molecule has 1 fully saturated rings. The highest BCUT2D eigenvalue weighted by atomic mass is 15.3. The van der Waals surface area contributed by atoms with E-state index in [1.807, 2.05) is 0 Å². The minimum absolute atomic E-state index is 0.395. The second-order valence-corrected chi connectivity index (χ2v) is 7.17. The molecule has 20 heavy (non-hydrogen) atoms. The van der Waals surface area contributed by atoms with Gasteiger partial charge in [0.15, 0.2) is 0 Å². The zero-order chi connectivity index (χ0) is 14.6. The molecule has 0 aliphatic heterocycles. The Morgan fingerprint density at radius 2 is 1.95 bits per heavy atom. The Kier molecular flexibility index (Phi) is 5.19. The lowest BCUT2D eigenvalue weighted by Gasteiger charge is -2.30. The first kappa shape index (κ1) is 15.5. The summed E-state index contributed by atoms with van der Waals surface area (Å²) in [5.74, 6) is 1.79. The predicted octanol–water partition coefficient (Wildman–Crippen LogP) is 3.04. The van der Waals surface area contributed by atoms with E-state index in [-0.39, 0.29) is 0 Å². The molecule has 1 heterocycles. The summed E-state index contributed by atoms with van der Waals surface area (Å²) >= 11 is 0. The smallest absolute Gasteiger partial charge is 0.138 e. The number of hydrogen-bond acceptors (Lipinski definition) is 3. The van der Waals surface area contributed by atoms with Gasteiger partial charge in [0, 0.05) is 25.6 Å². The van der Waals surface area contributed by atoms with E-state index >= 15 is 0 Å². The first-order valence-electron chi connectivity index (χ1n) is 8.11. The van der Waals surface area contributed by atoms with Crippen LogP contribution in [0.1, 0.15) is 59.2 Å². The van der Waals surface area contributed by atoms with Crippen molar-refractivity contribution in [1.29, 1.82) is 0 Å². The molecule has 1 aliphatic carbocycles. The van der Waals surface area contributed by atoms with E-state index in [2.05, 4.69) is 47.8 Å². The van der Waals surface area contributed by atoms with Crippen molar-refractivity contribution in [1.82, 2.24) is 20.1 Å². The van der Waals surface area contributed by atoms with Gasteiger partial charge in [0.2, 0.25) is 0 Å². The molecular formula is C16H30N4. The molecule has 4 nitrogen and oxygen atoms in total. The highest BCUT2D eigenvalue weighted by Gasteiger charge is 2.35. The van der Waals surface area contributed by atoms with Gasteiger partial charge in [0.05, 0.1) is 0 Å². The van der Waals surface area contributed by atoms with E-state index in [1.54, 1.807) is 6.33 Å². The van der Waals surface area contributed by atoms with Crippen LogP contribution >= 0.6 is 0 Å². The van der Waals surface area contributed by atoms with Gasteiger partial charge in [-0.1, -0.05) is 40.5 Å². The van der Waals surface area contributed by atoms with Gasteiger partial charge in [-0.25, -0.2) is 9.67 Å². The third-order valence-corrected chi connectivity index (χ3v) is 4.32. The third-order valence-electron chi connectivity index (χ3n) is 4.32. The van der Waals surface area contributed by atoms with E-state index in [1.165, 1.54) is 31.5 Å². The average Bonchev–Trinajstić information content (AvgIpc) is 2.98. The van der Waals surface area contributed by atoms with Crippen molar-refractivity contribution in [2.24, 2.45) is 11.3 Å². The van der Waals surface area contributed by atoms with Crippen LogP contribution in [-0.2, 0) is 13.0 Å². The van der Waals surface area contributed by atoms with Crippen LogP contribution in [0.25, 0.3) is 0 Å². The Hall–Kier alpha value is -0.900. The van der Waals surface area contributed by atoms with Gasteiger partial charge < -0.3 is 5.32 Å². The third kappa shape index (κ3) is 4.05. The van der Waals surface area contributed by atoms with Crippen LogP contribution in [0.3, 0.4) is 0 Å². The van der Waals surface area contributed by atoms with Crippen molar-refractivity contribution in [3.63, 3.8) is 0 Å². The summed E-state index contributed by atoms with van der Waals surface area (Å²) in [6.07, 6.45) is 8.15. The lowest BCUT2D eigenvalue weighted by atomic mass is 9.82. The summed E-state index contributed by atoms with van der Waals surface area (Å²) in [6.45, 7) is 11.0. The van der Waals surface area contributed by atoms with Crippen LogP contribution < -0.4 is 5.32 Å². The monoisotopic (exact) mass is 278 g/mol. The number of nitrogens with one attached hydrogen (secondary N) is 1. The first-order chi connectivity index (χ1) is 9.51. The van der Waals surface area contributed by atoms with Crippen LogP contribution in [-0.4, -0.2) is 27.4 Å². The van der Waals surface area contributed by atoms with Gasteiger partial charge in [-0.2, -0.15) is 5.10 Å². The molecule has 0 bridgehead atoms. The van der Waals surface area contributed by atoms with Gasteiger partial charge in [-0.15, -0.1) is 0 Å². The standard InChI is InChI=1S/C16H30N4/c1-13(2)10-20-15(18-12-19-20)9-16(7-5-6-8-16)11-17-14(3)4/h12-14,17H,5-11H2,1-4H3. The van der Waals surface area contributed by atoms with E-state index < -0.39 is 0 Å². The van der Waals surface area contributed by atoms with E-state index in [9.17, 15) is 0 Å². The fourth-order valence-electron chi connectivity index (χ4n) is 3.22. The normalized spacial score (nSPS) is 18.3. The van der Waals surface area contributed by atoms with Crippen LogP contribution in [0.2, 0.25) is 0 Å². The molecule has 1 saturated carbocycles. The fourth-order valence-corrected chi connectivity index (χ4v) is 3.22. The Balaban J connectivity index is 2.06. The van der Waals surface area contributed by atoms with Gasteiger partial charge in [-0.05, 0) is 24.2 Å². The number of aromatic nitrogens is 3. The van der Waals surface area contributed by atoms with Crippen molar-refractivity contribution in [3.8, 4) is 0 Å². The Labute approximate surface area is 123 Å². The molecule has 1 aliphatic rings. The van der Waals surface area contributed by atoms with Gasteiger partial charge in [-0.3, -0.25) is 0 Å². The predicted molar refractivity (Wildman–Crippen MR) is 82.6 cm³/mol. The van der Waals surface area contributed by atoms with Crippen molar-refractivity contribution in [3.05, 3.63) is 12.2 Å². The highest BCUT2D eigenvalue weighted by Crippen LogP contribution is 2.40. The molecule has 4 heteroatoms. The Morgan fingerprint density at radius 1 is 1.25 bits per heavy atom. The van der Waals surface area contributed by atoms with Crippen LogP contribution in [0.4, 0.5) is 0 Å². The van der Waals surface area contributed by atoms with Crippen molar-refractivity contribution < 1.29 is 0 Å². The molecule has 1 N–H and O–H groups in total. The fraction of sp³-hybridized carbons (Fsp3) is 0.875. The summed E-state index contributed by atoms with van der Waals surface area (Å²) in [6, 6.07) is 0.556. The first-order valence-corrected chi connectivity index (χ1v) is 8.11. The zero-order valence-corrected chi connectivity index (χ0v) is 13.5. The molecule has 0 amide bonds. The Bertz CT molecular complexity index is 402. The van der Waals surface area contributed by atoms with Crippen molar-refractivity contribution in [2.75, 3.05) is 6.54 Å². The highest BCUT2D eigenvalue weighted by molar-refractivity contribution is 4.98. The number of nitrogens with zero attached hydrogens (tertiary/aromatic N) is 3. The number of rotatable bonds is 7. The van der Waals surface area contributed by atoms with Gasteiger partial charge >= 0.3 is 0 Å². The van der Waals surface area contributed by atoms with Gasteiger partial charge in [0.1, 0.15) is 12.2 Å². The zero-order valence-electron chi connectivity index (χ0n) is 13.5. The maximum atomic E-state index is 4.53. The van der Waals surface area contributed by atoms with E-state index in [4.69, 9.17) is 0 Å². The maximum absolute atomic E-state index is 4.53. The summed E-state index contributed by atoms with van der Waals surface area (Å²) < 4.78 is 2.11. The van der Waals surface area contributed by atoms with Crippen molar-refractivity contribution in [2.45, 2.75) is 72.4 Å². The minimum Gasteiger partial charge on any atom is -0.314 e. The molecule has 0 unspecified atom stereocenters. The molecular weight excluding hydrogens is 248 g/mol. The second-order valence-electron chi connectivity index (χ2n) is 7.17. The molecule has 1 aromatic rings. The SMILES string of the molecule is CC(C)Cn1ncnc1CC1(CNC(C)C)CCCC1. The quantitative estimate of drug-likeness (QED) is 0.833. The summed E-state index contributed by atoms with van der Waals surface area (Å²) in [5.41, 5.74) is 0.395. The molecule has 0 spiro atoms. The minimum atomic E-state index is 0.395. The average molecular weight is 278 g/mol. The van der Waals surface area contributed by atoms with E-state index in [0.29, 0.717) is 17.4 Å². The lowest BCUT2D eigenvalue weighted by Crippen LogP contribution is -2.38. The molecule has 0 radical (unpaired) electrons. The lowest BCUT2D eigenvalue weighted by molar-refractivity contribution is 0.257. The van der Waals surface area contributed by atoms with E-state index in [0.717, 1.165) is 19.5 Å². The molecule has 0 atom stereocenters. The second kappa shape index (κ2) is 6.70. The summed E-state index contributed by atoms with van der Waals surface area (Å²) in [7, 11) is 0.